The molecular formula is C19H21N5O5. The summed E-state index contributed by atoms with van der Waals surface area (Å²) in [6.45, 7) is 4.80. The minimum absolute atomic E-state index is 0.126. The number of piperazine rings is 1. The molecule has 0 spiro atoms. The number of amides is 1. The average molecular weight is 399 g/mol. The van der Waals surface area contributed by atoms with Gasteiger partial charge in [0.05, 0.1) is 18.6 Å². The Hall–Kier alpha value is -3.40. The van der Waals surface area contributed by atoms with Gasteiger partial charge < -0.3 is 14.1 Å². The molecule has 0 aliphatic carbocycles. The van der Waals surface area contributed by atoms with Crippen molar-refractivity contribution >= 4 is 17.5 Å². The van der Waals surface area contributed by atoms with E-state index in [4.69, 9.17) is 9.15 Å². The summed E-state index contributed by atoms with van der Waals surface area (Å²) < 4.78 is 11.4. The number of hydrogen-bond acceptors (Lipinski definition) is 7. The molecule has 152 valence electrons. The fourth-order valence-corrected chi connectivity index (χ4v) is 3.36. The summed E-state index contributed by atoms with van der Waals surface area (Å²) in [6, 6.07) is 4.79. The van der Waals surface area contributed by atoms with E-state index < -0.39 is 5.97 Å². The van der Waals surface area contributed by atoms with Crippen LogP contribution in [0.3, 0.4) is 0 Å². The minimum Gasteiger partial charge on any atom is -0.462 e. The van der Waals surface area contributed by atoms with Gasteiger partial charge in [-0.3, -0.25) is 19.6 Å². The maximum atomic E-state index is 12.4. The lowest BCUT2D eigenvalue weighted by Gasteiger charge is -2.34. The third-order valence-corrected chi connectivity index (χ3v) is 4.82. The molecule has 4 heterocycles. The molecular weight excluding hydrogens is 378 g/mol. The lowest BCUT2D eigenvalue weighted by Crippen LogP contribution is -2.48. The maximum absolute atomic E-state index is 12.4. The molecule has 0 aromatic carbocycles. The van der Waals surface area contributed by atoms with Crippen molar-refractivity contribution in [3.05, 3.63) is 58.0 Å². The Morgan fingerprint density at radius 1 is 1.28 bits per heavy atom. The molecule has 0 radical (unpaired) electrons. The van der Waals surface area contributed by atoms with Crippen LogP contribution >= 0.6 is 0 Å². The predicted molar refractivity (Wildman–Crippen MR) is 102 cm³/mol. The number of aromatic amines is 1. The van der Waals surface area contributed by atoms with E-state index in [0.717, 1.165) is 0 Å². The van der Waals surface area contributed by atoms with Gasteiger partial charge in [0.15, 0.2) is 11.4 Å². The highest BCUT2D eigenvalue weighted by Gasteiger charge is 2.24. The molecule has 10 nitrogen and oxygen atoms in total. The zero-order valence-electron chi connectivity index (χ0n) is 16.0. The topological polar surface area (TPSA) is 113 Å². The van der Waals surface area contributed by atoms with Crippen LogP contribution < -0.4 is 5.56 Å². The van der Waals surface area contributed by atoms with E-state index in [1.807, 2.05) is 0 Å². The van der Waals surface area contributed by atoms with Gasteiger partial charge in [-0.2, -0.15) is 0 Å². The molecule has 1 aliphatic rings. The number of furan rings is 1. The lowest BCUT2D eigenvalue weighted by atomic mass is 10.2. The third-order valence-electron chi connectivity index (χ3n) is 4.82. The number of ether oxygens (including phenoxy) is 1. The molecule has 1 fully saturated rings. The maximum Gasteiger partial charge on any atom is 0.343 e. The number of fused-ring (bicyclic) bond motifs is 1. The molecule has 1 amide bonds. The Morgan fingerprint density at radius 2 is 2.07 bits per heavy atom. The van der Waals surface area contributed by atoms with Gasteiger partial charge in [-0.05, 0) is 19.1 Å². The lowest BCUT2D eigenvalue weighted by molar-refractivity contribution is 0.0528. The van der Waals surface area contributed by atoms with Crippen molar-refractivity contribution in [2.24, 2.45) is 0 Å². The van der Waals surface area contributed by atoms with Gasteiger partial charge in [0.1, 0.15) is 5.56 Å². The highest BCUT2D eigenvalue weighted by molar-refractivity contribution is 5.95. The first kappa shape index (κ1) is 18.9. The predicted octanol–water partition coefficient (Wildman–Crippen LogP) is 0.750. The Morgan fingerprint density at radius 3 is 2.76 bits per heavy atom. The number of hydrogen-bond donors (Lipinski definition) is 1. The molecule has 0 bridgehead atoms. The summed E-state index contributed by atoms with van der Waals surface area (Å²) in [7, 11) is 0. The van der Waals surface area contributed by atoms with Gasteiger partial charge in [-0.15, -0.1) is 0 Å². The van der Waals surface area contributed by atoms with Crippen LogP contribution in [-0.2, 0) is 11.3 Å². The molecule has 4 rings (SSSR count). The number of rotatable bonds is 5. The Labute approximate surface area is 165 Å². The fraction of sp³-hybridized carbons (Fsp3) is 0.368. The Bertz CT molecular complexity index is 1080. The molecule has 29 heavy (non-hydrogen) atoms. The van der Waals surface area contributed by atoms with Crippen LogP contribution in [0.4, 0.5) is 0 Å². The van der Waals surface area contributed by atoms with Crippen molar-refractivity contribution in [3.63, 3.8) is 0 Å². The van der Waals surface area contributed by atoms with E-state index in [0.29, 0.717) is 44.2 Å². The molecule has 1 aliphatic heterocycles. The van der Waals surface area contributed by atoms with E-state index in [2.05, 4.69) is 15.0 Å². The molecule has 1 N–H and O–H groups in total. The standard InChI is InChI=1S/C19H21N5O5/c1-2-28-19(27)14-11-20-24-16(25)10-13(21-17(14)24)12-22-5-7-23(8-6-22)18(26)15-4-3-9-29-15/h3-4,9-11,20H,2,5-8,12H2,1H3. The van der Waals surface area contributed by atoms with Crippen molar-refractivity contribution in [1.29, 1.82) is 0 Å². The van der Waals surface area contributed by atoms with E-state index in [-0.39, 0.29) is 29.3 Å². The second-order valence-electron chi connectivity index (χ2n) is 6.70. The number of H-pyrrole nitrogens is 1. The molecule has 10 heteroatoms. The van der Waals surface area contributed by atoms with E-state index in [1.165, 1.54) is 23.0 Å². The highest BCUT2D eigenvalue weighted by atomic mass is 16.5. The van der Waals surface area contributed by atoms with Crippen LogP contribution in [0.15, 0.2) is 39.9 Å². The molecule has 0 atom stereocenters. The Balaban J connectivity index is 1.46. The molecule has 0 saturated carbocycles. The van der Waals surface area contributed by atoms with Gasteiger partial charge in [0.2, 0.25) is 0 Å². The summed E-state index contributed by atoms with van der Waals surface area (Å²) in [6.07, 6.45) is 2.90. The van der Waals surface area contributed by atoms with Crippen molar-refractivity contribution in [3.8, 4) is 0 Å². The van der Waals surface area contributed by atoms with Crippen LogP contribution in [-0.4, -0.2) is 69.1 Å². The van der Waals surface area contributed by atoms with Gasteiger partial charge in [-0.1, -0.05) is 0 Å². The average Bonchev–Trinajstić information content (AvgIpc) is 3.38. The zero-order chi connectivity index (χ0) is 20.4. The fourth-order valence-electron chi connectivity index (χ4n) is 3.36. The van der Waals surface area contributed by atoms with Crippen molar-refractivity contribution in [1.82, 2.24) is 24.4 Å². The van der Waals surface area contributed by atoms with Crippen LogP contribution in [0.1, 0.15) is 33.5 Å². The summed E-state index contributed by atoms with van der Waals surface area (Å²) >= 11 is 0. The number of esters is 1. The molecule has 3 aromatic rings. The van der Waals surface area contributed by atoms with Crippen LogP contribution in [0.25, 0.3) is 5.65 Å². The highest BCUT2D eigenvalue weighted by Crippen LogP contribution is 2.13. The van der Waals surface area contributed by atoms with Gasteiger partial charge in [-0.25, -0.2) is 14.3 Å². The first-order valence-electron chi connectivity index (χ1n) is 9.39. The second kappa shape index (κ2) is 7.92. The summed E-state index contributed by atoms with van der Waals surface area (Å²) in [5.41, 5.74) is 0.732. The minimum atomic E-state index is -0.527. The summed E-state index contributed by atoms with van der Waals surface area (Å²) in [4.78, 5) is 45.1. The Kier molecular flexibility index (Phi) is 5.17. The quantitative estimate of drug-likeness (QED) is 0.630. The molecule has 1 saturated heterocycles. The number of nitrogens with one attached hydrogen (secondary N) is 1. The van der Waals surface area contributed by atoms with Gasteiger partial charge >= 0.3 is 5.97 Å². The third kappa shape index (κ3) is 3.79. The van der Waals surface area contributed by atoms with Crippen molar-refractivity contribution < 1.29 is 18.7 Å². The van der Waals surface area contributed by atoms with Crippen LogP contribution in [0.2, 0.25) is 0 Å². The van der Waals surface area contributed by atoms with E-state index in [1.54, 1.807) is 24.0 Å². The first-order valence-corrected chi connectivity index (χ1v) is 9.39. The number of carbonyl (C=O) groups excluding carboxylic acids is 2. The number of carbonyl (C=O) groups is 2. The van der Waals surface area contributed by atoms with E-state index in [9.17, 15) is 14.4 Å². The summed E-state index contributed by atoms with van der Waals surface area (Å²) in [5, 5.41) is 2.73. The van der Waals surface area contributed by atoms with Crippen molar-refractivity contribution in [2.75, 3.05) is 32.8 Å². The van der Waals surface area contributed by atoms with Crippen LogP contribution in [0, 0.1) is 0 Å². The normalized spacial score (nSPS) is 15.0. The zero-order valence-corrected chi connectivity index (χ0v) is 16.0. The first-order chi connectivity index (χ1) is 14.1. The van der Waals surface area contributed by atoms with E-state index >= 15 is 0 Å². The second-order valence-corrected chi connectivity index (χ2v) is 6.70. The monoisotopic (exact) mass is 399 g/mol. The SMILES string of the molecule is CCOC(=O)c1c[nH]n2c(=O)cc(CN3CCN(C(=O)c4ccco4)CC3)nc12. The number of aromatic nitrogens is 3. The largest absolute Gasteiger partial charge is 0.462 e. The van der Waals surface area contributed by atoms with Crippen molar-refractivity contribution in [2.45, 2.75) is 13.5 Å². The molecule has 0 unspecified atom stereocenters. The van der Waals surface area contributed by atoms with Gasteiger partial charge in [0.25, 0.3) is 11.5 Å². The smallest absolute Gasteiger partial charge is 0.343 e. The summed E-state index contributed by atoms with van der Waals surface area (Å²) in [5.74, 6) is -0.322. The molecule has 3 aromatic heterocycles. The number of nitrogens with zero attached hydrogens (tertiary/aromatic N) is 4. The van der Waals surface area contributed by atoms with Gasteiger partial charge in [0, 0.05) is 45.0 Å². The van der Waals surface area contributed by atoms with Crippen LogP contribution in [0.5, 0.6) is 0 Å².